The monoisotopic (exact) mass is 300 g/mol. The van der Waals surface area contributed by atoms with E-state index in [-0.39, 0.29) is 23.6 Å². The summed E-state index contributed by atoms with van der Waals surface area (Å²) >= 11 is 5.58. The van der Waals surface area contributed by atoms with Gasteiger partial charge >= 0.3 is 11.9 Å². The normalized spacial score (nSPS) is 11.5. The van der Waals surface area contributed by atoms with E-state index in [0.717, 1.165) is 0 Å². The van der Waals surface area contributed by atoms with E-state index in [4.69, 9.17) is 16.7 Å². The number of aromatic nitrogens is 1. The van der Waals surface area contributed by atoms with Gasteiger partial charge < -0.3 is 15.2 Å². The molecule has 0 fully saturated rings. The van der Waals surface area contributed by atoms with Gasteiger partial charge in [-0.3, -0.25) is 9.59 Å². The number of hydrogen-bond acceptors (Lipinski definition) is 5. The van der Waals surface area contributed by atoms with Crippen LogP contribution in [0.15, 0.2) is 18.3 Å². The number of hydrogen-bond donors (Lipinski definition) is 2. The molecule has 1 aromatic rings. The zero-order valence-electron chi connectivity index (χ0n) is 10.6. The quantitative estimate of drug-likeness (QED) is 0.596. The van der Waals surface area contributed by atoms with E-state index in [1.165, 1.54) is 25.4 Å². The molecule has 8 heteroatoms. The molecule has 0 bridgehead atoms. The Hall–Kier alpha value is -2.15. The Balaban J connectivity index is 2.65. The second-order valence-corrected chi connectivity index (χ2v) is 4.24. The lowest BCUT2D eigenvalue weighted by atomic mass is 10.1. The van der Waals surface area contributed by atoms with Crippen LogP contribution in [0.4, 0.5) is 0 Å². The molecule has 1 heterocycles. The van der Waals surface area contributed by atoms with Crippen LogP contribution in [0.3, 0.4) is 0 Å². The molecule has 0 saturated carbocycles. The summed E-state index contributed by atoms with van der Waals surface area (Å²) in [5.74, 6) is -2.38. The van der Waals surface area contributed by atoms with Crippen LogP contribution < -0.4 is 5.32 Å². The molecular formula is C12H13ClN2O5. The molecule has 0 aliphatic heterocycles. The molecule has 108 valence electrons. The van der Waals surface area contributed by atoms with E-state index in [1.54, 1.807) is 0 Å². The number of amides is 1. The molecule has 20 heavy (non-hydrogen) atoms. The molecular weight excluding hydrogens is 288 g/mol. The summed E-state index contributed by atoms with van der Waals surface area (Å²) in [5.41, 5.74) is 0.179. The third kappa shape index (κ3) is 4.85. The Kier molecular flexibility index (Phi) is 5.92. The second-order valence-electron chi connectivity index (χ2n) is 3.85. The van der Waals surface area contributed by atoms with Gasteiger partial charge in [0.25, 0.3) is 5.91 Å². The summed E-state index contributed by atoms with van der Waals surface area (Å²) in [4.78, 5) is 37.5. The van der Waals surface area contributed by atoms with E-state index < -0.39 is 23.9 Å². The fraction of sp³-hybridized carbons (Fsp3) is 0.333. The van der Waals surface area contributed by atoms with Gasteiger partial charge in [0.15, 0.2) is 0 Å². The Labute approximate surface area is 119 Å². The number of nitrogens with zero attached hydrogens (tertiary/aromatic N) is 1. The van der Waals surface area contributed by atoms with Crippen LogP contribution in [-0.4, -0.2) is 41.1 Å². The number of esters is 1. The number of pyridine rings is 1. The summed E-state index contributed by atoms with van der Waals surface area (Å²) in [7, 11) is 1.20. The number of ether oxygens (including phenoxy) is 1. The molecule has 1 rings (SSSR count). The van der Waals surface area contributed by atoms with Gasteiger partial charge in [-0.25, -0.2) is 9.78 Å². The first-order chi connectivity index (χ1) is 9.43. The van der Waals surface area contributed by atoms with Crippen LogP contribution in [0.1, 0.15) is 23.2 Å². The van der Waals surface area contributed by atoms with E-state index in [9.17, 15) is 14.4 Å². The van der Waals surface area contributed by atoms with Crippen molar-refractivity contribution in [3.63, 3.8) is 0 Å². The first kappa shape index (κ1) is 15.9. The maximum Gasteiger partial charge on any atom is 0.326 e. The Bertz CT molecular complexity index is 503. The minimum absolute atomic E-state index is 0.0607. The van der Waals surface area contributed by atoms with Gasteiger partial charge in [-0.15, -0.1) is 0 Å². The van der Waals surface area contributed by atoms with Crippen molar-refractivity contribution in [1.29, 1.82) is 0 Å². The van der Waals surface area contributed by atoms with Gasteiger partial charge in [-0.05, 0) is 18.6 Å². The van der Waals surface area contributed by atoms with Gasteiger partial charge in [-0.1, -0.05) is 11.6 Å². The topological polar surface area (TPSA) is 106 Å². The Morgan fingerprint density at radius 2 is 2.15 bits per heavy atom. The average Bonchev–Trinajstić information content (AvgIpc) is 2.43. The zero-order valence-corrected chi connectivity index (χ0v) is 11.4. The molecule has 1 unspecified atom stereocenters. The van der Waals surface area contributed by atoms with Crippen LogP contribution in [0.2, 0.25) is 5.15 Å². The van der Waals surface area contributed by atoms with Crippen LogP contribution in [0.5, 0.6) is 0 Å². The van der Waals surface area contributed by atoms with Gasteiger partial charge in [-0.2, -0.15) is 0 Å². The molecule has 0 aliphatic rings. The van der Waals surface area contributed by atoms with Crippen LogP contribution >= 0.6 is 11.6 Å². The molecule has 0 saturated heterocycles. The van der Waals surface area contributed by atoms with Gasteiger partial charge in [0.05, 0.1) is 12.7 Å². The predicted molar refractivity (Wildman–Crippen MR) is 69.4 cm³/mol. The lowest BCUT2D eigenvalue weighted by Crippen LogP contribution is -2.41. The number of carboxylic acid groups (broad SMARTS) is 1. The van der Waals surface area contributed by atoms with Gasteiger partial charge in [0, 0.05) is 12.6 Å². The fourth-order valence-corrected chi connectivity index (χ4v) is 1.49. The van der Waals surface area contributed by atoms with E-state index >= 15 is 0 Å². The highest BCUT2D eigenvalue weighted by Gasteiger charge is 2.22. The molecule has 2 N–H and O–H groups in total. The largest absolute Gasteiger partial charge is 0.480 e. The number of carboxylic acids is 1. The summed E-state index contributed by atoms with van der Waals surface area (Å²) < 4.78 is 4.41. The Morgan fingerprint density at radius 1 is 1.45 bits per heavy atom. The summed E-state index contributed by atoms with van der Waals surface area (Å²) in [6.45, 7) is 0. The third-order valence-electron chi connectivity index (χ3n) is 2.46. The number of nitrogens with one attached hydrogen (secondary N) is 1. The molecule has 0 radical (unpaired) electrons. The number of methoxy groups -OCH3 is 1. The van der Waals surface area contributed by atoms with Crippen molar-refractivity contribution < 1.29 is 24.2 Å². The SMILES string of the molecule is COC(=O)CCC(NC(=O)c1ccc(Cl)nc1)C(=O)O. The maximum atomic E-state index is 11.8. The van der Waals surface area contributed by atoms with Crippen molar-refractivity contribution in [2.24, 2.45) is 0 Å². The molecule has 7 nitrogen and oxygen atoms in total. The van der Waals surface area contributed by atoms with Crippen molar-refractivity contribution >= 4 is 29.4 Å². The van der Waals surface area contributed by atoms with Crippen LogP contribution in [0.25, 0.3) is 0 Å². The van der Waals surface area contributed by atoms with Crippen molar-refractivity contribution in [2.45, 2.75) is 18.9 Å². The fourth-order valence-electron chi connectivity index (χ4n) is 1.37. The molecule has 0 aliphatic carbocycles. The van der Waals surface area contributed by atoms with Crippen molar-refractivity contribution in [1.82, 2.24) is 10.3 Å². The summed E-state index contributed by atoms with van der Waals surface area (Å²) in [6, 6.07) is 1.65. The van der Waals surface area contributed by atoms with Gasteiger partial charge in [0.1, 0.15) is 11.2 Å². The predicted octanol–water partition coefficient (Wildman–Crippen LogP) is 0.871. The zero-order chi connectivity index (χ0) is 15.1. The van der Waals surface area contributed by atoms with E-state index in [0.29, 0.717) is 0 Å². The van der Waals surface area contributed by atoms with Crippen molar-refractivity contribution in [2.75, 3.05) is 7.11 Å². The molecule has 1 aromatic heterocycles. The smallest absolute Gasteiger partial charge is 0.326 e. The van der Waals surface area contributed by atoms with Crippen molar-refractivity contribution in [3.8, 4) is 0 Å². The summed E-state index contributed by atoms with van der Waals surface area (Å²) in [5, 5.41) is 11.5. The highest BCUT2D eigenvalue weighted by atomic mass is 35.5. The number of aliphatic carboxylic acids is 1. The molecule has 1 atom stereocenters. The number of rotatable bonds is 6. The third-order valence-corrected chi connectivity index (χ3v) is 2.68. The minimum atomic E-state index is -1.23. The lowest BCUT2D eigenvalue weighted by Gasteiger charge is -2.13. The first-order valence-electron chi connectivity index (χ1n) is 5.66. The highest BCUT2D eigenvalue weighted by molar-refractivity contribution is 6.29. The number of halogens is 1. The van der Waals surface area contributed by atoms with E-state index in [1.807, 2.05) is 0 Å². The lowest BCUT2D eigenvalue weighted by molar-refractivity contribution is -0.142. The van der Waals surface area contributed by atoms with Crippen LogP contribution in [0, 0.1) is 0 Å². The first-order valence-corrected chi connectivity index (χ1v) is 6.04. The minimum Gasteiger partial charge on any atom is -0.480 e. The van der Waals surface area contributed by atoms with E-state index in [2.05, 4.69) is 15.0 Å². The Morgan fingerprint density at radius 3 is 2.65 bits per heavy atom. The van der Waals surface area contributed by atoms with Gasteiger partial charge in [0.2, 0.25) is 0 Å². The average molecular weight is 301 g/mol. The highest BCUT2D eigenvalue weighted by Crippen LogP contribution is 2.06. The standard InChI is InChI=1S/C12H13ClN2O5/c1-20-10(16)5-3-8(12(18)19)15-11(17)7-2-4-9(13)14-6-7/h2,4,6,8H,3,5H2,1H3,(H,15,17)(H,18,19). The number of carbonyl (C=O) groups is 3. The van der Waals surface area contributed by atoms with Crippen molar-refractivity contribution in [3.05, 3.63) is 29.0 Å². The maximum absolute atomic E-state index is 11.8. The number of carbonyl (C=O) groups excluding carboxylic acids is 2. The van der Waals surface area contributed by atoms with Crippen LogP contribution in [-0.2, 0) is 14.3 Å². The second kappa shape index (κ2) is 7.44. The molecule has 1 amide bonds. The molecule has 0 aromatic carbocycles. The summed E-state index contributed by atoms with van der Waals surface area (Å²) in [6.07, 6.45) is 1.07. The molecule has 0 spiro atoms.